The van der Waals surface area contributed by atoms with Gasteiger partial charge in [-0.3, -0.25) is 0 Å². The van der Waals surface area contributed by atoms with Crippen LogP contribution in [0.15, 0.2) is 28.9 Å². The van der Waals surface area contributed by atoms with E-state index in [0.29, 0.717) is 12.4 Å². The van der Waals surface area contributed by atoms with Crippen LogP contribution in [0.5, 0.6) is 0 Å². The fraction of sp³-hybridized carbons (Fsp3) is 0.125. The molecule has 0 aliphatic carbocycles. The van der Waals surface area contributed by atoms with Crippen molar-refractivity contribution in [3.8, 4) is 0 Å². The summed E-state index contributed by atoms with van der Waals surface area (Å²) in [6.07, 6.45) is 3.01. The van der Waals surface area contributed by atoms with Gasteiger partial charge in [-0.15, -0.1) is 0 Å². The average molecular weight is 150 g/mol. The van der Waals surface area contributed by atoms with Gasteiger partial charge >= 0.3 is 5.97 Å². The lowest BCUT2D eigenvalue weighted by Gasteiger charge is -1.92. The molecule has 0 unspecified atom stereocenters. The highest BCUT2D eigenvalue weighted by Gasteiger charge is 2.15. The van der Waals surface area contributed by atoms with Crippen LogP contribution < -0.4 is 0 Å². The van der Waals surface area contributed by atoms with Gasteiger partial charge in [-0.25, -0.2) is 4.79 Å². The number of hydrogen-bond donors (Lipinski definition) is 0. The third kappa shape index (κ3) is 1.05. The molecular formula is C8H6O3. The highest BCUT2D eigenvalue weighted by molar-refractivity contribution is 5.94. The van der Waals surface area contributed by atoms with E-state index >= 15 is 0 Å². The van der Waals surface area contributed by atoms with Gasteiger partial charge in [-0.1, -0.05) is 0 Å². The third-order valence-electron chi connectivity index (χ3n) is 1.50. The number of hydrogen-bond acceptors (Lipinski definition) is 3. The van der Waals surface area contributed by atoms with Gasteiger partial charge in [0.05, 0.1) is 6.26 Å². The molecule has 1 aliphatic heterocycles. The molecule has 2 rings (SSSR count). The van der Waals surface area contributed by atoms with Gasteiger partial charge in [-0.2, -0.15) is 0 Å². The first-order valence-corrected chi connectivity index (χ1v) is 3.27. The molecule has 1 aromatic rings. The van der Waals surface area contributed by atoms with Crippen molar-refractivity contribution in [3.05, 3.63) is 30.2 Å². The predicted molar refractivity (Wildman–Crippen MR) is 37.6 cm³/mol. The van der Waals surface area contributed by atoms with Crippen molar-refractivity contribution in [1.29, 1.82) is 0 Å². The third-order valence-corrected chi connectivity index (χ3v) is 1.50. The molecule has 0 aromatic carbocycles. The molecule has 0 radical (unpaired) electrons. The topological polar surface area (TPSA) is 39.4 Å². The lowest BCUT2D eigenvalue weighted by atomic mass is 10.2. The Hall–Kier alpha value is -1.51. The van der Waals surface area contributed by atoms with Crippen LogP contribution in [0.2, 0.25) is 0 Å². The van der Waals surface area contributed by atoms with E-state index in [4.69, 9.17) is 9.15 Å². The van der Waals surface area contributed by atoms with Crippen molar-refractivity contribution in [1.82, 2.24) is 0 Å². The Bertz CT molecular complexity index is 295. The maximum absolute atomic E-state index is 10.6. The summed E-state index contributed by atoms with van der Waals surface area (Å²) in [6.45, 7) is 0.326. The number of cyclic esters (lactones) is 1. The average Bonchev–Trinajstić information content (AvgIpc) is 2.55. The Morgan fingerprint density at radius 2 is 2.36 bits per heavy atom. The number of rotatable bonds is 1. The Balaban J connectivity index is 2.31. The van der Waals surface area contributed by atoms with Crippen LogP contribution in [0.4, 0.5) is 0 Å². The molecule has 3 heteroatoms. The molecular weight excluding hydrogens is 144 g/mol. The summed E-state index contributed by atoms with van der Waals surface area (Å²) in [6, 6.07) is 3.58. The van der Waals surface area contributed by atoms with Gasteiger partial charge in [0, 0.05) is 11.6 Å². The Morgan fingerprint density at radius 1 is 1.45 bits per heavy atom. The monoisotopic (exact) mass is 150 g/mol. The first-order valence-electron chi connectivity index (χ1n) is 3.27. The summed E-state index contributed by atoms with van der Waals surface area (Å²) in [5.41, 5.74) is 0.806. The van der Waals surface area contributed by atoms with E-state index in [2.05, 4.69) is 0 Å². The molecule has 1 aliphatic rings. The standard InChI is InChI=1S/C8H6O3/c9-8-4-6(5-11-8)7-2-1-3-10-7/h1-4H,5H2. The minimum atomic E-state index is -0.295. The Morgan fingerprint density at radius 3 is 2.91 bits per heavy atom. The molecule has 0 saturated heterocycles. The zero-order valence-corrected chi connectivity index (χ0v) is 5.74. The van der Waals surface area contributed by atoms with Gasteiger partial charge in [0.1, 0.15) is 12.4 Å². The second kappa shape index (κ2) is 2.27. The molecule has 3 nitrogen and oxygen atoms in total. The Kier molecular flexibility index (Phi) is 1.28. The van der Waals surface area contributed by atoms with Crippen LogP contribution in [0.3, 0.4) is 0 Å². The van der Waals surface area contributed by atoms with Crippen LogP contribution >= 0.6 is 0 Å². The molecule has 0 fully saturated rings. The SMILES string of the molecule is O=C1C=C(c2ccco2)CO1. The summed E-state index contributed by atoms with van der Waals surface area (Å²) in [5.74, 6) is 0.409. The molecule has 56 valence electrons. The summed E-state index contributed by atoms with van der Waals surface area (Å²) in [5, 5.41) is 0. The lowest BCUT2D eigenvalue weighted by molar-refractivity contribution is -0.134. The van der Waals surface area contributed by atoms with Gasteiger partial charge in [0.15, 0.2) is 0 Å². The predicted octanol–water partition coefficient (Wildman–Crippen LogP) is 1.22. The molecule has 0 N–H and O–H groups in total. The first-order chi connectivity index (χ1) is 5.36. The van der Waals surface area contributed by atoms with Gasteiger partial charge in [-0.05, 0) is 12.1 Å². The molecule has 11 heavy (non-hydrogen) atoms. The van der Waals surface area contributed by atoms with E-state index in [1.165, 1.54) is 6.08 Å². The number of carbonyl (C=O) groups excluding carboxylic acids is 1. The number of ether oxygens (including phenoxy) is 1. The fourth-order valence-electron chi connectivity index (χ4n) is 0.978. The van der Waals surface area contributed by atoms with Crippen molar-refractivity contribution in [2.24, 2.45) is 0 Å². The number of esters is 1. The zero-order chi connectivity index (χ0) is 7.68. The summed E-state index contributed by atoms with van der Waals surface area (Å²) in [7, 11) is 0. The number of carbonyl (C=O) groups is 1. The maximum Gasteiger partial charge on any atom is 0.331 e. The molecule has 0 bridgehead atoms. The molecule has 2 heterocycles. The largest absolute Gasteiger partial charge is 0.465 e. The van der Waals surface area contributed by atoms with E-state index in [9.17, 15) is 4.79 Å². The van der Waals surface area contributed by atoms with E-state index in [1.54, 1.807) is 18.4 Å². The maximum atomic E-state index is 10.6. The summed E-state index contributed by atoms with van der Waals surface area (Å²) < 4.78 is 9.76. The van der Waals surface area contributed by atoms with E-state index in [0.717, 1.165) is 5.57 Å². The van der Waals surface area contributed by atoms with Gasteiger partial charge in [0.2, 0.25) is 0 Å². The quantitative estimate of drug-likeness (QED) is 0.565. The summed E-state index contributed by atoms with van der Waals surface area (Å²) in [4.78, 5) is 10.6. The molecule has 1 aromatic heterocycles. The van der Waals surface area contributed by atoms with E-state index in [-0.39, 0.29) is 5.97 Å². The minimum absolute atomic E-state index is 0.295. The van der Waals surface area contributed by atoms with Crippen LogP contribution in [0.1, 0.15) is 5.76 Å². The minimum Gasteiger partial charge on any atom is -0.465 e. The van der Waals surface area contributed by atoms with Gasteiger partial charge < -0.3 is 9.15 Å². The van der Waals surface area contributed by atoms with Crippen molar-refractivity contribution in [3.63, 3.8) is 0 Å². The van der Waals surface area contributed by atoms with Gasteiger partial charge in [0.25, 0.3) is 0 Å². The van der Waals surface area contributed by atoms with Crippen LogP contribution in [0.25, 0.3) is 5.57 Å². The summed E-state index contributed by atoms with van der Waals surface area (Å²) >= 11 is 0. The second-order valence-corrected chi connectivity index (χ2v) is 2.25. The second-order valence-electron chi connectivity index (χ2n) is 2.25. The lowest BCUT2D eigenvalue weighted by Crippen LogP contribution is -1.90. The molecule has 0 saturated carbocycles. The number of furan rings is 1. The highest BCUT2D eigenvalue weighted by Crippen LogP contribution is 2.19. The molecule has 0 amide bonds. The van der Waals surface area contributed by atoms with Crippen molar-refractivity contribution < 1.29 is 13.9 Å². The molecule has 0 spiro atoms. The fourth-order valence-corrected chi connectivity index (χ4v) is 0.978. The van der Waals surface area contributed by atoms with E-state index in [1.807, 2.05) is 0 Å². The van der Waals surface area contributed by atoms with Crippen LogP contribution in [-0.4, -0.2) is 12.6 Å². The normalized spacial score (nSPS) is 16.4. The Labute approximate surface area is 63.3 Å². The van der Waals surface area contributed by atoms with Crippen molar-refractivity contribution in [2.45, 2.75) is 0 Å². The zero-order valence-electron chi connectivity index (χ0n) is 5.74. The smallest absolute Gasteiger partial charge is 0.331 e. The first kappa shape index (κ1) is 6.22. The van der Waals surface area contributed by atoms with E-state index < -0.39 is 0 Å². The molecule has 0 atom stereocenters. The highest BCUT2D eigenvalue weighted by atomic mass is 16.5. The van der Waals surface area contributed by atoms with Crippen molar-refractivity contribution >= 4 is 11.5 Å². The van der Waals surface area contributed by atoms with Crippen LogP contribution in [-0.2, 0) is 9.53 Å². The van der Waals surface area contributed by atoms with Crippen LogP contribution in [0, 0.1) is 0 Å². The van der Waals surface area contributed by atoms with Crippen molar-refractivity contribution in [2.75, 3.05) is 6.61 Å².